The number of hydrogen-bond acceptors (Lipinski definition) is 2. The summed E-state index contributed by atoms with van der Waals surface area (Å²) in [7, 11) is -0.664. The Balaban J connectivity index is 1.78. The van der Waals surface area contributed by atoms with E-state index in [1.807, 2.05) is 0 Å². The van der Waals surface area contributed by atoms with Gasteiger partial charge in [-0.05, 0) is 24.3 Å². The second-order valence-electron chi connectivity index (χ2n) is 5.28. The second kappa shape index (κ2) is 6.28. The summed E-state index contributed by atoms with van der Waals surface area (Å²) in [5, 5.41) is 1.33. The molecule has 112 valence electrons. The minimum Gasteiger partial charge on any atom is -0.304 e. The lowest BCUT2D eigenvalue weighted by Gasteiger charge is -2.32. The van der Waals surface area contributed by atoms with E-state index in [1.54, 1.807) is 0 Å². The minimum atomic E-state index is -0.664. The van der Waals surface area contributed by atoms with Gasteiger partial charge in [-0.1, -0.05) is 66.7 Å². The fraction of sp³-hybridized carbons (Fsp3) is 0. The SMILES string of the molecule is C1=CN(c2ccccc2)P(c2ccccc2)N1c1ccccc1. The van der Waals surface area contributed by atoms with Crippen LogP contribution < -0.4 is 14.6 Å². The summed E-state index contributed by atoms with van der Waals surface area (Å²) in [6.07, 6.45) is 4.36. The Morgan fingerprint density at radius 2 is 0.870 bits per heavy atom. The highest BCUT2D eigenvalue weighted by Gasteiger charge is 2.30. The lowest BCUT2D eigenvalue weighted by atomic mass is 10.3. The molecule has 1 aliphatic heterocycles. The summed E-state index contributed by atoms with van der Waals surface area (Å²) in [6, 6.07) is 31.9. The monoisotopic (exact) mass is 316 g/mol. The van der Waals surface area contributed by atoms with Gasteiger partial charge < -0.3 is 9.34 Å². The zero-order chi connectivity index (χ0) is 15.5. The molecule has 4 rings (SSSR count). The molecule has 3 aromatic carbocycles. The zero-order valence-corrected chi connectivity index (χ0v) is 13.6. The largest absolute Gasteiger partial charge is 0.304 e. The van der Waals surface area contributed by atoms with Crippen molar-refractivity contribution in [2.24, 2.45) is 0 Å². The van der Waals surface area contributed by atoms with E-state index in [0.29, 0.717) is 0 Å². The number of rotatable bonds is 3. The molecular formula is C20H17N2P. The molecular weight excluding hydrogens is 299 g/mol. The van der Waals surface area contributed by atoms with Crippen LogP contribution in [0.5, 0.6) is 0 Å². The summed E-state index contributed by atoms with van der Waals surface area (Å²) >= 11 is 0. The molecule has 1 aliphatic rings. The van der Waals surface area contributed by atoms with Crippen molar-refractivity contribution in [2.75, 3.05) is 9.34 Å². The maximum Gasteiger partial charge on any atom is 0.137 e. The van der Waals surface area contributed by atoms with Crippen molar-refractivity contribution in [1.29, 1.82) is 0 Å². The maximum atomic E-state index is 2.37. The van der Waals surface area contributed by atoms with Crippen LogP contribution in [0.3, 0.4) is 0 Å². The second-order valence-corrected chi connectivity index (χ2v) is 7.24. The smallest absolute Gasteiger partial charge is 0.137 e. The molecule has 2 nitrogen and oxygen atoms in total. The van der Waals surface area contributed by atoms with Gasteiger partial charge in [0.15, 0.2) is 0 Å². The van der Waals surface area contributed by atoms with Crippen LogP contribution in [0, 0.1) is 0 Å². The van der Waals surface area contributed by atoms with Crippen molar-refractivity contribution in [1.82, 2.24) is 0 Å². The molecule has 0 radical (unpaired) electrons. The topological polar surface area (TPSA) is 6.48 Å². The van der Waals surface area contributed by atoms with Crippen LogP contribution in [0.4, 0.5) is 11.4 Å². The van der Waals surface area contributed by atoms with Crippen LogP contribution in [0.15, 0.2) is 103 Å². The van der Waals surface area contributed by atoms with Gasteiger partial charge in [0.25, 0.3) is 0 Å². The molecule has 0 aromatic heterocycles. The van der Waals surface area contributed by atoms with Crippen molar-refractivity contribution in [3.8, 4) is 0 Å². The third-order valence-corrected chi connectivity index (χ3v) is 6.09. The van der Waals surface area contributed by atoms with E-state index in [9.17, 15) is 0 Å². The first kappa shape index (κ1) is 14.0. The molecule has 3 heteroatoms. The molecule has 0 aliphatic carbocycles. The van der Waals surface area contributed by atoms with E-state index in [-0.39, 0.29) is 0 Å². The van der Waals surface area contributed by atoms with Crippen molar-refractivity contribution >= 4 is 24.9 Å². The van der Waals surface area contributed by atoms with Gasteiger partial charge in [-0.3, -0.25) is 0 Å². The van der Waals surface area contributed by atoms with E-state index in [2.05, 4.69) is 113 Å². The van der Waals surface area contributed by atoms with Gasteiger partial charge in [-0.15, -0.1) is 0 Å². The highest BCUT2D eigenvalue weighted by molar-refractivity contribution is 7.69. The standard InChI is InChI=1S/C20H17N2P/c1-4-10-18(11-5-1)21-16-17-22(19-12-6-2-7-13-19)23(21)20-14-8-3-9-15-20/h1-17H. The van der Waals surface area contributed by atoms with Gasteiger partial charge in [0.05, 0.1) is 0 Å². The normalized spacial score (nSPS) is 14.4. The molecule has 0 saturated heterocycles. The Morgan fingerprint density at radius 1 is 0.478 bits per heavy atom. The highest BCUT2D eigenvalue weighted by atomic mass is 31.1. The Hall–Kier alpha value is -2.57. The van der Waals surface area contributed by atoms with Crippen LogP contribution in [-0.4, -0.2) is 0 Å². The first-order chi connectivity index (χ1) is 11.4. The molecule has 0 atom stereocenters. The molecule has 0 unspecified atom stereocenters. The number of anilines is 2. The molecule has 0 N–H and O–H groups in total. The third-order valence-electron chi connectivity index (χ3n) is 3.79. The van der Waals surface area contributed by atoms with Crippen molar-refractivity contribution in [3.05, 3.63) is 103 Å². The lowest BCUT2D eigenvalue weighted by molar-refractivity contribution is 1.44. The van der Waals surface area contributed by atoms with Crippen LogP contribution in [-0.2, 0) is 0 Å². The fourth-order valence-electron chi connectivity index (χ4n) is 2.72. The lowest BCUT2D eigenvalue weighted by Crippen LogP contribution is -2.22. The number of benzene rings is 3. The predicted molar refractivity (Wildman–Crippen MR) is 100.0 cm³/mol. The maximum absolute atomic E-state index is 2.37. The summed E-state index contributed by atoms with van der Waals surface area (Å²) in [6.45, 7) is 0. The quantitative estimate of drug-likeness (QED) is 0.619. The molecule has 0 amide bonds. The molecule has 0 bridgehead atoms. The Morgan fingerprint density at radius 3 is 1.30 bits per heavy atom. The van der Waals surface area contributed by atoms with E-state index in [1.165, 1.54) is 16.7 Å². The Labute approximate surface area is 138 Å². The van der Waals surface area contributed by atoms with Gasteiger partial charge in [-0.25, -0.2) is 0 Å². The van der Waals surface area contributed by atoms with Gasteiger partial charge in [0.1, 0.15) is 8.22 Å². The van der Waals surface area contributed by atoms with Crippen molar-refractivity contribution in [3.63, 3.8) is 0 Å². The Kier molecular flexibility index (Phi) is 3.83. The first-order valence-corrected chi connectivity index (χ1v) is 8.90. The van der Waals surface area contributed by atoms with Gasteiger partial charge in [0.2, 0.25) is 0 Å². The summed E-state index contributed by atoms with van der Waals surface area (Å²) in [5.74, 6) is 0. The first-order valence-electron chi connectivity index (χ1n) is 7.65. The highest BCUT2D eigenvalue weighted by Crippen LogP contribution is 2.52. The Bertz CT molecular complexity index is 738. The summed E-state index contributed by atoms with van der Waals surface area (Å²) < 4.78 is 4.75. The van der Waals surface area contributed by atoms with Gasteiger partial charge in [0, 0.05) is 29.1 Å². The average Bonchev–Trinajstić information content (AvgIpc) is 3.09. The van der Waals surface area contributed by atoms with Crippen LogP contribution in [0.1, 0.15) is 0 Å². The third kappa shape index (κ3) is 2.74. The molecule has 0 saturated carbocycles. The van der Waals surface area contributed by atoms with E-state index < -0.39 is 8.22 Å². The average molecular weight is 316 g/mol. The van der Waals surface area contributed by atoms with E-state index in [0.717, 1.165) is 0 Å². The molecule has 0 fully saturated rings. The van der Waals surface area contributed by atoms with Crippen molar-refractivity contribution in [2.45, 2.75) is 0 Å². The molecule has 23 heavy (non-hydrogen) atoms. The van der Waals surface area contributed by atoms with E-state index in [4.69, 9.17) is 0 Å². The minimum absolute atomic E-state index is 0.664. The van der Waals surface area contributed by atoms with Gasteiger partial charge >= 0.3 is 0 Å². The molecule has 1 heterocycles. The zero-order valence-electron chi connectivity index (χ0n) is 12.7. The van der Waals surface area contributed by atoms with Crippen LogP contribution in [0.25, 0.3) is 0 Å². The van der Waals surface area contributed by atoms with Crippen LogP contribution >= 0.6 is 8.22 Å². The number of hydrogen-bond donors (Lipinski definition) is 0. The summed E-state index contributed by atoms with van der Waals surface area (Å²) in [4.78, 5) is 0. The van der Waals surface area contributed by atoms with E-state index >= 15 is 0 Å². The number of para-hydroxylation sites is 2. The fourth-order valence-corrected chi connectivity index (χ4v) is 4.94. The van der Waals surface area contributed by atoms with Gasteiger partial charge in [-0.2, -0.15) is 0 Å². The van der Waals surface area contributed by atoms with Crippen LogP contribution in [0.2, 0.25) is 0 Å². The molecule has 0 spiro atoms. The predicted octanol–water partition coefficient (Wildman–Crippen LogP) is 5.12. The number of nitrogens with zero attached hydrogens (tertiary/aromatic N) is 2. The summed E-state index contributed by atoms with van der Waals surface area (Å²) in [5.41, 5.74) is 2.44. The van der Waals surface area contributed by atoms with Crippen molar-refractivity contribution < 1.29 is 0 Å². The molecule has 3 aromatic rings.